The Morgan fingerprint density at radius 1 is 1.00 bits per heavy atom. The fraction of sp³-hybridized carbons (Fsp3) is 0.448. The maximum Gasteiger partial charge on any atom is 0.227 e. The smallest absolute Gasteiger partial charge is 0.227 e. The maximum atomic E-state index is 13.1. The molecule has 2 N–H and O–H groups in total. The number of nitrogens with one attached hydrogen (secondary N) is 1. The number of benzene rings is 2. The SMILES string of the molecule is O=S1(=O)CCCc2nc(N3CCC(c4ccc(Cl)cc4)CC3)nc(Nc3ccc(C4(CO)CCC4)cc3)c21. The van der Waals surface area contributed by atoms with Crippen LogP contribution in [-0.2, 0) is 21.7 Å². The first-order valence-electron chi connectivity index (χ1n) is 13.5. The van der Waals surface area contributed by atoms with Gasteiger partial charge < -0.3 is 15.3 Å². The molecule has 38 heavy (non-hydrogen) atoms. The predicted octanol–water partition coefficient (Wildman–Crippen LogP) is 5.39. The minimum absolute atomic E-state index is 0.113. The van der Waals surface area contributed by atoms with E-state index in [-0.39, 0.29) is 22.7 Å². The standard InChI is InChI=1S/C29H33ClN4O3S/c30-23-8-4-20(5-9-23)21-12-16-34(17-13-21)28-32-25-3-1-18-38(36,37)26(25)27(33-28)31-24-10-6-22(7-11-24)29(19-35)14-2-15-29/h4-11,21,35H,1-3,12-19H2,(H,31,32,33). The molecule has 0 bridgehead atoms. The van der Waals surface area contributed by atoms with E-state index >= 15 is 0 Å². The molecule has 0 unspecified atom stereocenters. The second kappa shape index (κ2) is 10.1. The number of aryl methyl sites for hydroxylation is 1. The summed E-state index contributed by atoms with van der Waals surface area (Å²) in [4.78, 5) is 12.0. The summed E-state index contributed by atoms with van der Waals surface area (Å²) in [5, 5.41) is 14.0. The molecule has 9 heteroatoms. The van der Waals surface area contributed by atoms with E-state index in [4.69, 9.17) is 21.6 Å². The molecule has 1 aromatic heterocycles. The molecule has 1 aliphatic carbocycles. The van der Waals surface area contributed by atoms with Crippen LogP contribution >= 0.6 is 11.6 Å². The van der Waals surface area contributed by atoms with Crippen LogP contribution in [0.2, 0.25) is 5.02 Å². The Morgan fingerprint density at radius 2 is 1.71 bits per heavy atom. The van der Waals surface area contributed by atoms with Gasteiger partial charge in [-0.3, -0.25) is 0 Å². The summed E-state index contributed by atoms with van der Waals surface area (Å²) in [5.74, 6) is 1.51. The Kier molecular flexibility index (Phi) is 6.82. The number of anilines is 3. The molecule has 7 nitrogen and oxygen atoms in total. The zero-order chi connectivity index (χ0) is 26.3. The van der Waals surface area contributed by atoms with Gasteiger partial charge in [-0.15, -0.1) is 0 Å². The van der Waals surface area contributed by atoms with Crippen molar-refractivity contribution < 1.29 is 13.5 Å². The highest BCUT2D eigenvalue weighted by Crippen LogP contribution is 2.43. The van der Waals surface area contributed by atoms with Gasteiger partial charge in [0.05, 0.1) is 18.1 Å². The van der Waals surface area contributed by atoms with Crippen LogP contribution in [0.4, 0.5) is 17.5 Å². The van der Waals surface area contributed by atoms with Crippen LogP contribution in [0.15, 0.2) is 53.4 Å². The van der Waals surface area contributed by atoms with Crippen LogP contribution in [0.5, 0.6) is 0 Å². The van der Waals surface area contributed by atoms with Crippen molar-refractivity contribution in [2.45, 2.75) is 61.2 Å². The summed E-state index contributed by atoms with van der Waals surface area (Å²) >= 11 is 6.06. The Balaban J connectivity index is 1.27. The third-order valence-electron chi connectivity index (χ3n) is 8.55. The van der Waals surface area contributed by atoms with Gasteiger partial charge in [0.1, 0.15) is 4.90 Å². The summed E-state index contributed by atoms with van der Waals surface area (Å²) in [6.45, 7) is 1.75. The van der Waals surface area contributed by atoms with Crippen molar-refractivity contribution in [2.75, 3.05) is 35.7 Å². The Bertz CT molecular complexity index is 1410. The topological polar surface area (TPSA) is 95.4 Å². The summed E-state index contributed by atoms with van der Waals surface area (Å²) < 4.78 is 26.2. The summed E-state index contributed by atoms with van der Waals surface area (Å²) in [6, 6.07) is 16.0. The van der Waals surface area contributed by atoms with Crippen molar-refractivity contribution in [3.63, 3.8) is 0 Å². The molecule has 0 amide bonds. The zero-order valence-electron chi connectivity index (χ0n) is 21.4. The van der Waals surface area contributed by atoms with E-state index in [1.165, 1.54) is 5.56 Å². The first-order chi connectivity index (χ1) is 18.4. The molecular formula is C29H33ClN4O3S. The number of hydrogen-bond acceptors (Lipinski definition) is 7. The molecule has 3 aliphatic rings. The number of piperidine rings is 1. The highest BCUT2D eigenvalue weighted by molar-refractivity contribution is 7.91. The van der Waals surface area contributed by atoms with Gasteiger partial charge in [0.2, 0.25) is 5.95 Å². The molecule has 0 atom stereocenters. The highest BCUT2D eigenvalue weighted by Gasteiger charge is 2.38. The summed E-state index contributed by atoms with van der Waals surface area (Å²) in [5.41, 5.74) is 3.66. The minimum Gasteiger partial charge on any atom is -0.395 e. The molecule has 0 radical (unpaired) electrons. The third-order valence-corrected chi connectivity index (χ3v) is 10.7. The molecule has 1 saturated carbocycles. The van der Waals surface area contributed by atoms with E-state index in [2.05, 4.69) is 22.3 Å². The average molecular weight is 553 g/mol. The van der Waals surface area contributed by atoms with Gasteiger partial charge in [0.15, 0.2) is 15.7 Å². The van der Waals surface area contributed by atoms with Gasteiger partial charge >= 0.3 is 0 Å². The fourth-order valence-electron chi connectivity index (χ4n) is 6.07. The fourth-order valence-corrected chi connectivity index (χ4v) is 7.82. The van der Waals surface area contributed by atoms with Gasteiger partial charge in [-0.1, -0.05) is 42.3 Å². The Hall–Kier alpha value is -2.68. The first kappa shape index (κ1) is 25.6. The quantitative estimate of drug-likeness (QED) is 0.423. The lowest BCUT2D eigenvalue weighted by Crippen LogP contribution is -2.37. The molecule has 2 aromatic carbocycles. The van der Waals surface area contributed by atoms with Gasteiger partial charge in [-0.2, -0.15) is 4.98 Å². The maximum absolute atomic E-state index is 13.1. The summed E-state index contributed by atoms with van der Waals surface area (Å²) in [7, 11) is -3.47. The van der Waals surface area contributed by atoms with Crippen LogP contribution in [-0.4, -0.2) is 48.9 Å². The van der Waals surface area contributed by atoms with E-state index in [9.17, 15) is 13.5 Å². The van der Waals surface area contributed by atoms with Crippen LogP contribution < -0.4 is 10.2 Å². The molecule has 2 aliphatic heterocycles. The largest absolute Gasteiger partial charge is 0.395 e. The Morgan fingerprint density at radius 3 is 2.34 bits per heavy atom. The molecule has 1 saturated heterocycles. The van der Waals surface area contributed by atoms with Crippen LogP contribution in [0.1, 0.15) is 61.3 Å². The Labute approximate surface area is 229 Å². The molecule has 0 spiro atoms. The van der Waals surface area contributed by atoms with Crippen molar-refractivity contribution in [1.29, 1.82) is 0 Å². The van der Waals surface area contributed by atoms with E-state index < -0.39 is 9.84 Å². The van der Waals surface area contributed by atoms with E-state index in [0.717, 1.165) is 61.5 Å². The molecule has 2 fully saturated rings. The van der Waals surface area contributed by atoms with Gasteiger partial charge in [0, 0.05) is 29.2 Å². The molecule has 3 heterocycles. The van der Waals surface area contributed by atoms with E-state index in [1.54, 1.807) is 0 Å². The third kappa shape index (κ3) is 4.78. The second-order valence-electron chi connectivity index (χ2n) is 10.9. The number of aliphatic hydroxyl groups is 1. The number of rotatable bonds is 6. The second-order valence-corrected chi connectivity index (χ2v) is 13.4. The first-order valence-corrected chi connectivity index (χ1v) is 15.5. The summed E-state index contributed by atoms with van der Waals surface area (Å²) in [6.07, 6.45) is 6.25. The van der Waals surface area contributed by atoms with Crippen molar-refractivity contribution >= 4 is 38.9 Å². The van der Waals surface area contributed by atoms with Crippen molar-refractivity contribution in [3.05, 3.63) is 70.4 Å². The zero-order valence-corrected chi connectivity index (χ0v) is 22.9. The van der Waals surface area contributed by atoms with E-state index in [1.807, 2.05) is 36.4 Å². The van der Waals surface area contributed by atoms with Crippen LogP contribution in [0.25, 0.3) is 0 Å². The normalized spacial score (nSPS) is 20.4. The number of halogens is 1. The number of nitrogens with zero attached hydrogens (tertiary/aromatic N) is 3. The van der Waals surface area contributed by atoms with E-state index in [0.29, 0.717) is 36.2 Å². The average Bonchev–Trinajstić information content (AvgIpc) is 2.89. The van der Waals surface area contributed by atoms with Crippen molar-refractivity contribution in [2.24, 2.45) is 0 Å². The van der Waals surface area contributed by atoms with Crippen LogP contribution in [0, 0.1) is 0 Å². The molecule has 200 valence electrons. The number of aromatic nitrogens is 2. The predicted molar refractivity (Wildman–Crippen MR) is 150 cm³/mol. The van der Waals surface area contributed by atoms with Gasteiger partial charge in [-0.05, 0) is 79.8 Å². The number of fused-ring (bicyclic) bond motifs is 1. The number of sulfone groups is 1. The number of hydrogen-bond donors (Lipinski definition) is 2. The lowest BCUT2D eigenvalue weighted by molar-refractivity contribution is 0.120. The highest BCUT2D eigenvalue weighted by atomic mass is 35.5. The van der Waals surface area contributed by atoms with Crippen molar-refractivity contribution in [3.8, 4) is 0 Å². The minimum atomic E-state index is -3.47. The monoisotopic (exact) mass is 552 g/mol. The van der Waals surface area contributed by atoms with Gasteiger partial charge in [0.25, 0.3) is 0 Å². The lowest BCUT2D eigenvalue weighted by Gasteiger charge is -2.40. The number of aliphatic hydroxyl groups excluding tert-OH is 1. The van der Waals surface area contributed by atoms with Gasteiger partial charge in [-0.25, -0.2) is 13.4 Å². The molecule has 3 aromatic rings. The molecular weight excluding hydrogens is 520 g/mol. The molecule has 6 rings (SSSR count). The van der Waals surface area contributed by atoms with Crippen LogP contribution in [0.3, 0.4) is 0 Å². The lowest BCUT2D eigenvalue weighted by atomic mass is 9.65. The van der Waals surface area contributed by atoms with Crippen molar-refractivity contribution in [1.82, 2.24) is 9.97 Å².